The third-order valence-corrected chi connectivity index (χ3v) is 12.9. The van der Waals surface area contributed by atoms with Gasteiger partial charge in [-0.15, -0.1) is 0 Å². The van der Waals surface area contributed by atoms with Crippen LogP contribution in [0.4, 0.5) is 5.69 Å². The molecule has 3 aliphatic carbocycles. The summed E-state index contributed by atoms with van der Waals surface area (Å²) < 4.78 is 6.09. The molecule has 0 spiro atoms. The van der Waals surface area contributed by atoms with Crippen molar-refractivity contribution < 1.29 is 29.4 Å². The molecule has 4 aliphatic rings. The normalized spacial score (nSPS) is 26.6. The number of aliphatic hydroxyl groups is 2. The number of aliphatic hydroxyl groups excluding tert-OH is 2. The maximum atomic E-state index is 14.1. The number of likely N-dealkylation sites (N-methyl/N-ethyl adjacent to an activating group) is 1. The summed E-state index contributed by atoms with van der Waals surface area (Å²) >= 11 is 0. The summed E-state index contributed by atoms with van der Waals surface area (Å²) in [6.45, 7) is 8.98. The average molecular weight is 783 g/mol. The number of anilines is 1. The van der Waals surface area contributed by atoms with E-state index in [1.807, 2.05) is 98.8 Å². The molecule has 1 unspecified atom stereocenters. The Kier molecular flexibility index (Phi) is 13.2. The largest absolute Gasteiger partial charge is 0.496 e. The van der Waals surface area contributed by atoms with E-state index in [9.17, 15) is 19.8 Å². The number of para-hydroxylation sites is 1. The number of ether oxygens (including phenoxy) is 1. The second-order valence-corrected chi connectivity index (χ2v) is 17.5. The number of hydroxylamine groups is 2. The number of carbonyl (C=O) groups is 2. The molecule has 308 valence electrons. The van der Waals surface area contributed by atoms with E-state index in [4.69, 9.17) is 9.57 Å². The lowest BCUT2D eigenvalue weighted by Gasteiger charge is -2.61. The topological polar surface area (TPSA) is 140 Å². The van der Waals surface area contributed by atoms with Gasteiger partial charge < -0.3 is 30.1 Å². The van der Waals surface area contributed by atoms with E-state index in [0.717, 1.165) is 34.5 Å². The maximum absolute atomic E-state index is 14.1. The van der Waals surface area contributed by atoms with Crippen LogP contribution in [0.1, 0.15) is 62.2 Å². The Morgan fingerprint density at radius 1 is 1.12 bits per heavy atom. The number of nitrogens with zero attached hydrogens (tertiary/aromatic N) is 5. The van der Waals surface area contributed by atoms with Crippen molar-refractivity contribution in [3.63, 3.8) is 0 Å². The van der Waals surface area contributed by atoms with Gasteiger partial charge in [-0.1, -0.05) is 45.0 Å². The fraction of sp³-hybridized carbons (Fsp3) is 0.556. The lowest BCUT2D eigenvalue weighted by Crippen LogP contribution is -2.55. The van der Waals surface area contributed by atoms with Crippen molar-refractivity contribution in [2.24, 2.45) is 40.0 Å². The molecule has 3 aromatic rings. The summed E-state index contributed by atoms with van der Waals surface area (Å²) in [5.41, 5.74) is 4.81. The Morgan fingerprint density at radius 2 is 1.89 bits per heavy atom. The van der Waals surface area contributed by atoms with E-state index < -0.39 is 30.1 Å². The van der Waals surface area contributed by atoms with Crippen LogP contribution in [0, 0.1) is 35.0 Å². The Hall–Kier alpha value is -4.20. The predicted octanol–water partition coefficient (Wildman–Crippen LogP) is 5.12. The van der Waals surface area contributed by atoms with Crippen LogP contribution in [0.5, 0.6) is 5.75 Å². The third kappa shape index (κ3) is 9.10. The van der Waals surface area contributed by atoms with Crippen molar-refractivity contribution >= 4 is 23.7 Å². The van der Waals surface area contributed by atoms with E-state index in [1.165, 1.54) is 6.42 Å². The van der Waals surface area contributed by atoms with Gasteiger partial charge >= 0.3 is 0 Å². The van der Waals surface area contributed by atoms with Crippen molar-refractivity contribution in [3.8, 4) is 16.9 Å². The number of hydrogen-bond donors (Lipinski definition) is 3. The van der Waals surface area contributed by atoms with Crippen LogP contribution < -0.4 is 15.0 Å². The van der Waals surface area contributed by atoms with E-state index in [0.29, 0.717) is 47.4 Å². The van der Waals surface area contributed by atoms with E-state index in [-0.39, 0.29) is 31.0 Å². The molecule has 3 N–H and O–H groups in total. The summed E-state index contributed by atoms with van der Waals surface area (Å²) in [5, 5.41) is 26.1. The van der Waals surface area contributed by atoms with Crippen molar-refractivity contribution in [2.75, 3.05) is 53.4 Å². The minimum Gasteiger partial charge on any atom is -0.496 e. The molecule has 1 saturated heterocycles. The molecule has 4 fully saturated rings. The molecule has 9 atom stereocenters. The SMILES string of the molecule is COc1c(CN2O[C@@H](CO)[C@@H]([C@H](C)O)[C@H]2C(=O)N=CC2C[C@H]3C[C@@H]([C@@H]2C)C3(C)C)cccc1-c1cc(C(=O)N[C@@H](Cc2ccccn2)CN(C)C)cc(N(C)C)c1. The van der Waals surface area contributed by atoms with Gasteiger partial charge in [0.1, 0.15) is 17.9 Å². The van der Waals surface area contributed by atoms with Gasteiger partial charge in [-0.05, 0) is 98.8 Å². The molecular formula is C45H62N6O6. The summed E-state index contributed by atoms with van der Waals surface area (Å²) in [7, 11) is 9.43. The molecule has 0 radical (unpaired) electrons. The number of pyridine rings is 1. The number of nitrogens with one attached hydrogen (secondary N) is 1. The number of aromatic nitrogens is 1. The molecular weight excluding hydrogens is 721 g/mol. The highest BCUT2D eigenvalue weighted by Crippen LogP contribution is 2.62. The number of methoxy groups -OCH3 is 1. The summed E-state index contributed by atoms with van der Waals surface area (Å²) in [4.78, 5) is 47.3. The molecule has 2 bridgehead atoms. The van der Waals surface area contributed by atoms with Crippen molar-refractivity contribution in [3.05, 3.63) is 77.6 Å². The first-order valence-electron chi connectivity index (χ1n) is 20.3. The van der Waals surface area contributed by atoms with Crippen LogP contribution in [0.15, 0.2) is 65.8 Å². The number of aliphatic imine (C=N–C) groups is 1. The van der Waals surface area contributed by atoms with Gasteiger partial charge in [0.05, 0.1) is 26.4 Å². The lowest BCUT2D eigenvalue weighted by molar-refractivity contribution is -0.181. The van der Waals surface area contributed by atoms with Crippen LogP contribution in [-0.4, -0.2) is 116 Å². The zero-order valence-electron chi connectivity index (χ0n) is 35.1. The minimum atomic E-state index is -0.939. The molecule has 2 aromatic carbocycles. The third-order valence-electron chi connectivity index (χ3n) is 12.9. The van der Waals surface area contributed by atoms with Crippen molar-refractivity contribution in [2.45, 2.75) is 77.8 Å². The van der Waals surface area contributed by atoms with Gasteiger partial charge in [-0.25, -0.2) is 4.99 Å². The van der Waals surface area contributed by atoms with Gasteiger partial charge in [0.25, 0.3) is 11.8 Å². The number of hydrogen-bond acceptors (Lipinski definition) is 10. The van der Waals surface area contributed by atoms with Gasteiger partial charge in [0, 0.05) is 79.5 Å². The summed E-state index contributed by atoms with van der Waals surface area (Å²) in [6.07, 6.45) is 4.69. The van der Waals surface area contributed by atoms with Gasteiger partial charge in [-0.3, -0.25) is 19.4 Å². The zero-order chi connectivity index (χ0) is 41.2. The van der Waals surface area contributed by atoms with Gasteiger partial charge in [0.2, 0.25) is 0 Å². The van der Waals surface area contributed by atoms with E-state index in [1.54, 1.807) is 25.3 Å². The fourth-order valence-electron chi connectivity index (χ4n) is 9.63. The standard InChI is InChI=1S/C45H62N6O6/c1-27-32(18-33-21-38(27)45(33,3)4)23-47-44(55)41-40(28(2)53)39(26-52)57-51(41)24-29-13-12-15-37(42(29)56-9)30-17-31(20-36(19-30)50(7)8)43(54)48-35(25-49(5)6)22-34-14-10-11-16-46-34/h10-17,19-20,23,27-28,32-33,35,38-41,52-53H,18,21-22,24-26H2,1-9H3,(H,48,54)/t27-,28+,32?,33+,35+,38+,39+,40-,41+/m1/s1. The van der Waals surface area contributed by atoms with Gasteiger partial charge in [0.15, 0.2) is 0 Å². The minimum absolute atomic E-state index is 0.126. The number of benzene rings is 2. The molecule has 2 amide bonds. The molecule has 3 saturated carbocycles. The highest BCUT2D eigenvalue weighted by atomic mass is 16.7. The monoisotopic (exact) mass is 782 g/mol. The smallest absolute Gasteiger partial charge is 0.265 e. The molecule has 12 heteroatoms. The Bertz CT molecular complexity index is 1900. The Morgan fingerprint density at radius 3 is 2.51 bits per heavy atom. The van der Waals surface area contributed by atoms with Crippen LogP contribution >= 0.6 is 0 Å². The fourth-order valence-corrected chi connectivity index (χ4v) is 9.63. The van der Waals surface area contributed by atoms with Gasteiger partial charge in [-0.2, -0.15) is 5.06 Å². The van der Waals surface area contributed by atoms with Crippen molar-refractivity contribution in [1.29, 1.82) is 0 Å². The zero-order valence-corrected chi connectivity index (χ0v) is 35.1. The van der Waals surface area contributed by atoms with E-state index >= 15 is 0 Å². The molecule has 12 nitrogen and oxygen atoms in total. The molecule has 1 aromatic heterocycles. The number of rotatable bonds is 15. The Balaban J connectivity index is 1.28. The first-order valence-corrected chi connectivity index (χ1v) is 20.3. The maximum Gasteiger partial charge on any atom is 0.265 e. The first-order chi connectivity index (χ1) is 27.1. The molecule has 57 heavy (non-hydrogen) atoms. The van der Waals surface area contributed by atoms with Crippen molar-refractivity contribution in [1.82, 2.24) is 20.3 Å². The predicted molar refractivity (Wildman–Crippen MR) is 223 cm³/mol. The first kappa shape index (κ1) is 42.4. The molecule has 1 aliphatic heterocycles. The summed E-state index contributed by atoms with van der Waals surface area (Å²) in [5.74, 6) is 1.12. The second-order valence-electron chi connectivity index (χ2n) is 17.5. The summed E-state index contributed by atoms with van der Waals surface area (Å²) in [6, 6.07) is 16.2. The number of amides is 2. The van der Waals surface area contributed by atoms with Crippen LogP contribution in [0.2, 0.25) is 0 Å². The van der Waals surface area contributed by atoms with Crippen LogP contribution in [0.25, 0.3) is 11.1 Å². The number of carbonyl (C=O) groups excluding carboxylic acids is 2. The van der Waals surface area contributed by atoms with Crippen LogP contribution in [-0.2, 0) is 22.6 Å². The highest BCUT2D eigenvalue weighted by Gasteiger charge is 2.56. The Labute approximate surface area is 338 Å². The molecule has 7 rings (SSSR count). The van der Waals surface area contributed by atoms with E-state index in [2.05, 4.69) is 36.1 Å². The number of fused-ring (bicyclic) bond motifs is 2. The second kappa shape index (κ2) is 17.7. The quantitative estimate of drug-likeness (QED) is 0.178. The highest BCUT2D eigenvalue weighted by molar-refractivity contribution is 5.97. The average Bonchev–Trinajstić information content (AvgIpc) is 3.55. The van der Waals surface area contributed by atoms with Crippen LogP contribution in [0.3, 0.4) is 0 Å². The lowest BCUT2D eigenvalue weighted by atomic mass is 9.43. The molecule has 2 heterocycles.